The topological polar surface area (TPSA) is 33.5 Å². The third-order valence-electron chi connectivity index (χ3n) is 2.70. The highest BCUT2D eigenvalue weighted by atomic mass is 35.5. The molecule has 1 saturated heterocycles. The van der Waals surface area contributed by atoms with Gasteiger partial charge in [-0.05, 0) is 12.1 Å². The molecule has 1 aliphatic rings. The van der Waals surface area contributed by atoms with Crippen molar-refractivity contribution in [3.05, 3.63) is 34.6 Å². The van der Waals surface area contributed by atoms with Gasteiger partial charge in [0.15, 0.2) is 6.54 Å². The van der Waals surface area contributed by atoms with Crippen LogP contribution in [0.25, 0.3) is 0 Å². The van der Waals surface area contributed by atoms with Gasteiger partial charge in [-0.25, -0.2) is 4.39 Å². The standard InChI is InChI=1S/C11H12ClFN2O/c12-9-2-1-3-10(13)8(9)6-15-5-4-14-11(16)7-15/h1-3H,4-7H2,(H,14,16)/p+1. The van der Waals surface area contributed by atoms with E-state index in [0.717, 1.165) is 11.4 Å². The third-order valence-corrected chi connectivity index (χ3v) is 3.05. The summed E-state index contributed by atoms with van der Waals surface area (Å²) in [6.45, 7) is 2.28. The van der Waals surface area contributed by atoms with E-state index in [2.05, 4.69) is 5.32 Å². The van der Waals surface area contributed by atoms with Crippen LogP contribution in [0.4, 0.5) is 4.39 Å². The maximum Gasteiger partial charge on any atom is 0.275 e. The number of hydrogen-bond acceptors (Lipinski definition) is 1. The Balaban J connectivity index is 2.11. The summed E-state index contributed by atoms with van der Waals surface area (Å²) in [5, 5.41) is 3.17. The lowest BCUT2D eigenvalue weighted by atomic mass is 10.2. The average molecular weight is 244 g/mol. The van der Waals surface area contributed by atoms with E-state index in [1.54, 1.807) is 12.1 Å². The van der Waals surface area contributed by atoms with Crippen molar-refractivity contribution in [1.82, 2.24) is 5.32 Å². The zero-order chi connectivity index (χ0) is 11.5. The van der Waals surface area contributed by atoms with Crippen molar-refractivity contribution in [3.8, 4) is 0 Å². The molecule has 2 N–H and O–H groups in total. The number of nitrogens with one attached hydrogen (secondary N) is 2. The smallest absolute Gasteiger partial charge is 0.275 e. The molecule has 1 fully saturated rings. The van der Waals surface area contributed by atoms with Gasteiger partial charge in [-0.3, -0.25) is 4.79 Å². The van der Waals surface area contributed by atoms with Crippen LogP contribution in [0.1, 0.15) is 5.56 Å². The van der Waals surface area contributed by atoms with Crippen LogP contribution in [-0.4, -0.2) is 25.5 Å². The first-order valence-electron chi connectivity index (χ1n) is 5.20. The average Bonchev–Trinajstić information content (AvgIpc) is 2.24. The second kappa shape index (κ2) is 4.80. The van der Waals surface area contributed by atoms with Gasteiger partial charge in [0.05, 0.1) is 23.7 Å². The molecule has 1 aromatic rings. The van der Waals surface area contributed by atoms with Crippen molar-refractivity contribution >= 4 is 17.5 Å². The Hall–Kier alpha value is -1.13. The van der Waals surface area contributed by atoms with Gasteiger partial charge in [-0.1, -0.05) is 17.7 Å². The fourth-order valence-corrected chi connectivity index (χ4v) is 2.09. The molecule has 0 aliphatic carbocycles. The van der Waals surface area contributed by atoms with Gasteiger partial charge in [0.1, 0.15) is 12.4 Å². The first-order valence-corrected chi connectivity index (χ1v) is 5.58. The number of amides is 1. The number of carbonyl (C=O) groups is 1. The molecular weight excluding hydrogens is 231 g/mol. The van der Waals surface area contributed by atoms with Crippen molar-refractivity contribution in [2.75, 3.05) is 19.6 Å². The number of piperazine rings is 1. The quantitative estimate of drug-likeness (QED) is 0.753. The molecule has 1 heterocycles. The normalized spacial score (nSPS) is 20.6. The summed E-state index contributed by atoms with van der Waals surface area (Å²) in [5.74, 6) is -0.292. The zero-order valence-electron chi connectivity index (χ0n) is 8.72. The van der Waals surface area contributed by atoms with Crippen molar-refractivity contribution in [2.45, 2.75) is 6.54 Å². The summed E-state index contributed by atoms with van der Waals surface area (Å²) in [6.07, 6.45) is 0. The van der Waals surface area contributed by atoms with E-state index < -0.39 is 0 Å². The Morgan fingerprint density at radius 3 is 3.00 bits per heavy atom. The van der Waals surface area contributed by atoms with Crippen molar-refractivity contribution in [3.63, 3.8) is 0 Å². The fraction of sp³-hybridized carbons (Fsp3) is 0.364. The van der Waals surface area contributed by atoms with Crippen LogP contribution >= 0.6 is 11.6 Å². The van der Waals surface area contributed by atoms with Gasteiger partial charge in [-0.2, -0.15) is 0 Å². The van der Waals surface area contributed by atoms with Crippen LogP contribution in [0.3, 0.4) is 0 Å². The Morgan fingerprint density at radius 1 is 1.50 bits per heavy atom. The molecule has 0 bridgehead atoms. The molecule has 0 aromatic heterocycles. The Labute approximate surface area is 98.2 Å². The van der Waals surface area contributed by atoms with E-state index in [0.29, 0.717) is 30.2 Å². The van der Waals surface area contributed by atoms with E-state index in [4.69, 9.17) is 11.6 Å². The second-order valence-electron chi connectivity index (χ2n) is 3.90. The van der Waals surface area contributed by atoms with Crippen molar-refractivity contribution in [2.24, 2.45) is 0 Å². The lowest BCUT2D eigenvalue weighted by Gasteiger charge is -2.24. The lowest BCUT2D eigenvalue weighted by Crippen LogP contribution is -3.14. The van der Waals surface area contributed by atoms with Gasteiger partial charge in [-0.15, -0.1) is 0 Å². The molecule has 3 nitrogen and oxygen atoms in total. The summed E-state index contributed by atoms with van der Waals surface area (Å²) >= 11 is 5.93. The summed E-state index contributed by atoms with van der Waals surface area (Å²) in [6, 6.07) is 4.65. The number of rotatable bonds is 2. The summed E-state index contributed by atoms with van der Waals surface area (Å²) in [7, 11) is 0. The molecule has 0 saturated carbocycles. The molecular formula is C11H13ClFN2O+. The predicted molar refractivity (Wildman–Crippen MR) is 58.8 cm³/mol. The molecule has 0 spiro atoms. The number of hydrogen-bond donors (Lipinski definition) is 2. The van der Waals surface area contributed by atoms with Crippen LogP contribution in [0.15, 0.2) is 18.2 Å². The maximum atomic E-state index is 13.5. The maximum absolute atomic E-state index is 13.5. The van der Waals surface area contributed by atoms with E-state index in [9.17, 15) is 9.18 Å². The molecule has 86 valence electrons. The first kappa shape index (κ1) is 11.4. The lowest BCUT2D eigenvalue weighted by molar-refractivity contribution is -0.907. The second-order valence-corrected chi connectivity index (χ2v) is 4.31. The van der Waals surface area contributed by atoms with E-state index >= 15 is 0 Å². The van der Waals surface area contributed by atoms with Gasteiger partial charge in [0, 0.05) is 0 Å². The number of benzene rings is 1. The molecule has 5 heteroatoms. The van der Waals surface area contributed by atoms with Crippen molar-refractivity contribution in [1.29, 1.82) is 0 Å². The highest BCUT2D eigenvalue weighted by Gasteiger charge is 2.22. The Kier molecular flexibility index (Phi) is 3.41. The van der Waals surface area contributed by atoms with E-state index in [1.807, 2.05) is 0 Å². The van der Waals surface area contributed by atoms with Gasteiger partial charge in [0.2, 0.25) is 0 Å². The predicted octanol–water partition coefficient (Wildman–Crippen LogP) is -0.00620. The van der Waals surface area contributed by atoms with E-state index in [1.165, 1.54) is 6.07 Å². The van der Waals surface area contributed by atoms with Crippen molar-refractivity contribution < 1.29 is 14.1 Å². The Bertz CT molecular complexity index is 391. The van der Waals surface area contributed by atoms with Gasteiger partial charge < -0.3 is 10.2 Å². The monoisotopic (exact) mass is 243 g/mol. The molecule has 1 aliphatic heterocycles. The summed E-state index contributed by atoms with van der Waals surface area (Å²) in [4.78, 5) is 12.2. The minimum atomic E-state index is -0.300. The molecule has 0 radical (unpaired) electrons. The Morgan fingerprint density at radius 2 is 2.31 bits per heavy atom. The largest absolute Gasteiger partial charge is 0.346 e. The minimum absolute atomic E-state index is 0.00807. The molecule has 1 atom stereocenters. The molecule has 16 heavy (non-hydrogen) atoms. The fourth-order valence-electron chi connectivity index (χ4n) is 1.86. The molecule has 1 unspecified atom stereocenters. The van der Waals surface area contributed by atoms with E-state index in [-0.39, 0.29) is 11.7 Å². The summed E-state index contributed by atoms with van der Waals surface area (Å²) < 4.78 is 13.5. The van der Waals surface area contributed by atoms with Crippen LogP contribution in [0.2, 0.25) is 5.02 Å². The highest BCUT2D eigenvalue weighted by Crippen LogP contribution is 2.17. The number of carbonyl (C=O) groups excluding carboxylic acids is 1. The van der Waals surface area contributed by atoms with Crippen LogP contribution in [0, 0.1) is 5.82 Å². The zero-order valence-corrected chi connectivity index (χ0v) is 9.48. The molecule has 2 rings (SSSR count). The SMILES string of the molecule is O=C1C[NH+](Cc2c(F)cccc2Cl)CCN1. The van der Waals surface area contributed by atoms with Crippen LogP contribution in [-0.2, 0) is 11.3 Å². The third kappa shape index (κ3) is 2.51. The number of quaternary nitrogens is 1. The molecule has 1 amide bonds. The molecule has 1 aromatic carbocycles. The highest BCUT2D eigenvalue weighted by molar-refractivity contribution is 6.31. The summed E-state index contributed by atoms with van der Waals surface area (Å²) in [5.41, 5.74) is 0.494. The van der Waals surface area contributed by atoms with Crippen LogP contribution < -0.4 is 10.2 Å². The number of halogens is 2. The van der Waals surface area contributed by atoms with Gasteiger partial charge >= 0.3 is 0 Å². The van der Waals surface area contributed by atoms with Crippen LogP contribution in [0.5, 0.6) is 0 Å². The first-order chi connectivity index (χ1) is 7.66. The minimum Gasteiger partial charge on any atom is -0.346 e. The van der Waals surface area contributed by atoms with Gasteiger partial charge in [0.25, 0.3) is 5.91 Å².